The summed E-state index contributed by atoms with van der Waals surface area (Å²) in [5.41, 5.74) is -0.491. The van der Waals surface area contributed by atoms with Crippen molar-refractivity contribution in [2.45, 2.75) is 44.9 Å². The molecule has 5 nitrogen and oxygen atoms in total. The molecule has 1 rings (SSSR count). The Labute approximate surface area is 96.8 Å². The van der Waals surface area contributed by atoms with Crippen molar-refractivity contribution in [2.75, 3.05) is 20.2 Å². The Balaban J connectivity index is 2.61. The van der Waals surface area contributed by atoms with Crippen molar-refractivity contribution in [3.63, 3.8) is 0 Å². The van der Waals surface area contributed by atoms with Crippen LogP contribution in [0.2, 0.25) is 0 Å². The third kappa shape index (κ3) is 3.35. The van der Waals surface area contributed by atoms with Gasteiger partial charge >= 0.3 is 6.09 Å². The fraction of sp³-hybridized carbons (Fsp3) is 0.909. The minimum Gasteiger partial charge on any atom is -0.444 e. The number of amides is 1. The smallest absolute Gasteiger partial charge is 0.410 e. The number of rotatable bonds is 2. The standard InChI is InChI=1S/C11H22N2O3/c1-11(2,3)16-10(15)13-6-8(12-4)5-9(13)7-14/h8-9,12,14H,5-7H2,1-4H3/t8-,9-/m1/s1. The molecule has 0 aromatic carbocycles. The van der Waals surface area contributed by atoms with Gasteiger partial charge in [0.2, 0.25) is 0 Å². The number of aliphatic hydroxyl groups excluding tert-OH is 1. The first-order valence-electron chi connectivity index (χ1n) is 5.65. The lowest BCUT2D eigenvalue weighted by Gasteiger charge is -2.27. The van der Waals surface area contributed by atoms with Crippen LogP contribution < -0.4 is 5.32 Å². The maximum Gasteiger partial charge on any atom is 0.410 e. The summed E-state index contributed by atoms with van der Waals surface area (Å²) in [6, 6.07) is 0.108. The van der Waals surface area contributed by atoms with Crippen molar-refractivity contribution in [1.82, 2.24) is 10.2 Å². The number of likely N-dealkylation sites (N-methyl/N-ethyl adjacent to an activating group) is 1. The van der Waals surface area contributed by atoms with Crippen molar-refractivity contribution >= 4 is 6.09 Å². The van der Waals surface area contributed by atoms with Gasteiger partial charge in [0.1, 0.15) is 5.60 Å². The van der Waals surface area contributed by atoms with Gasteiger partial charge in [0.25, 0.3) is 0 Å². The minimum atomic E-state index is -0.491. The van der Waals surface area contributed by atoms with Crippen molar-refractivity contribution in [3.05, 3.63) is 0 Å². The van der Waals surface area contributed by atoms with Gasteiger partial charge in [-0.15, -0.1) is 0 Å². The first-order valence-corrected chi connectivity index (χ1v) is 5.65. The molecule has 1 heterocycles. The summed E-state index contributed by atoms with van der Waals surface area (Å²) >= 11 is 0. The normalized spacial score (nSPS) is 25.9. The van der Waals surface area contributed by atoms with E-state index in [9.17, 15) is 9.90 Å². The quantitative estimate of drug-likeness (QED) is 0.728. The van der Waals surface area contributed by atoms with Crippen LogP contribution in [0.1, 0.15) is 27.2 Å². The van der Waals surface area contributed by atoms with Crippen LogP contribution in [-0.4, -0.2) is 54.0 Å². The number of ether oxygens (including phenoxy) is 1. The van der Waals surface area contributed by atoms with Crippen molar-refractivity contribution in [3.8, 4) is 0 Å². The molecule has 0 bridgehead atoms. The molecular weight excluding hydrogens is 208 g/mol. The lowest BCUT2D eigenvalue weighted by Crippen LogP contribution is -2.42. The van der Waals surface area contributed by atoms with Crippen LogP contribution in [0.4, 0.5) is 4.79 Å². The van der Waals surface area contributed by atoms with Gasteiger partial charge in [-0.05, 0) is 34.2 Å². The van der Waals surface area contributed by atoms with Crippen LogP contribution in [0, 0.1) is 0 Å². The second-order valence-corrected chi connectivity index (χ2v) is 5.19. The average Bonchev–Trinajstić information content (AvgIpc) is 2.58. The molecule has 1 amide bonds. The van der Waals surface area contributed by atoms with E-state index in [1.54, 1.807) is 4.90 Å². The number of hydrogen-bond donors (Lipinski definition) is 2. The van der Waals surface area contributed by atoms with Crippen LogP contribution in [-0.2, 0) is 4.74 Å². The zero-order chi connectivity index (χ0) is 12.3. The van der Waals surface area contributed by atoms with E-state index in [-0.39, 0.29) is 24.8 Å². The van der Waals surface area contributed by atoms with Gasteiger partial charge in [0.05, 0.1) is 12.6 Å². The van der Waals surface area contributed by atoms with E-state index in [0.29, 0.717) is 6.54 Å². The topological polar surface area (TPSA) is 61.8 Å². The fourth-order valence-electron chi connectivity index (χ4n) is 1.84. The molecule has 5 heteroatoms. The number of nitrogens with one attached hydrogen (secondary N) is 1. The summed E-state index contributed by atoms with van der Waals surface area (Å²) < 4.78 is 5.29. The van der Waals surface area contributed by atoms with Crippen molar-refractivity contribution < 1.29 is 14.6 Å². The predicted octanol–water partition coefficient (Wildman–Crippen LogP) is 0.576. The molecule has 1 fully saturated rings. The average molecular weight is 230 g/mol. The highest BCUT2D eigenvalue weighted by Gasteiger charge is 2.36. The third-order valence-corrected chi connectivity index (χ3v) is 2.66. The molecule has 0 radical (unpaired) electrons. The van der Waals surface area contributed by atoms with Crippen LogP contribution in [0.25, 0.3) is 0 Å². The summed E-state index contributed by atoms with van der Waals surface area (Å²) in [5, 5.41) is 12.3. The maximum atomic E-state index is 11.9. The molecule has 0 aromatic heterocycles. The van der Waals surface area contributed by atoms with E-state index in [4.69, 9.17) is 4.74 Å². The SMILES string of the molecule is CN[C@@H]1C[C@H](CO)N(C(=O)OC(C)(C)C)C1. The Kier molecular flexibility index (Phi) is 4.15. The summed E-state index contributed by atoms with van der Waals surface area (Å²) in [5.74, 6) is 0. The Bertz CT molecular complexity index is 250. The molecule has 16 heavy (non-hydrogen) atoms. The molecule has 1 aliphatic rings. The summed E-state index contributed by atoms with van der Waals surface area (Å²) in [6.07, 6.45) is 0.427. The molecule has 2 atom stereocenters. The second kappa shape index (κ2) is 5.01. The van der Waals surface area contributed by atoms with E-state index in [0.717, 1.165) is 6.42 Å². The maximum absolute atomic E-state index is 11.9. The number of hydrogen-bond acceptors (Lipinski definition) is 4. The third-order valence-electron chi connectivity index (χ3n) is 2.66. The van der Waals surface area contributed by atoms with E-state index >= 15 is 0 Å². The Morgan fingerprint density at radius 2 is 2.19 bits per heavy atom. The van der Waals surface area contributed by atoms with Gasteiger partial charge in [0, 0.05) is 12.6 Å². The zero-order valence-corrected chi connectivity index (χ0v) is 10.5. The minimum absolute atomic E-state index is 0.0164. The lowest BCUT2D eigenvalue weighted by molar-refractivity contribution is 0.0174. The van der Waals surface area contributed by atoms with Crippen LogP contribution in [0.3, 0.4) is 0 Å². The van der Waals surface area contributed by atoms with Crippen molar-refractivity contribution in [1.29, 1.82) is 0 Å². The Hall–Kier alpha value is -0.810. The highest BCUT2D eigenvalue weighted by Crippen LogP contribution is 2.20. The predicted molar refractivity (Wildman–Crippen MR) is 61.3 cm³/mol. The molecule has 0 saturated carbocycles. The van der Waals surface area contributed by atoms with Crippen molar-refractivity contribution in [2.24, 2.45) is 0 Å². The number of aliphatic hydroxyl groups is 1. The summed E-state index contributed by atoms with van der Waals surface area (Å²) in [7, 11) is 1.86. The zero-order valence-electron chi connectivity index (χ0n) is 10.5. The van der Waals surface area contributed by atoms with Gasteiger partial charge in [-0.2, -0.15) is 0 Å². The van der Waals surface area contributed by atoms with Gasteiger partial charge in [-0.3, -0.25) is 0 Å². The van der Waals surface area contributed by atoms with E-state index in [2.05, 4.69) is 5.32 Å². The number of carbonyl (C=O) groups excluding carboxylic acids is 1. The first kappa shape index (κ1) is 13.3. The van der Waals surface area contributed by atoms with E-state index in [1.165, 1.54) is 0 Å². The molecular formula is C11H22N2O3. The Morgan fingerprint density at radius 1 is 1.56 bits per heavy atom. The molecule has 2 N–H and O–H groups in total. The lowest BCUT2D eigenvalue weighted by atomic mass is 10.2. The van der Waals surface area contributed by atoms with Gasteiger partial charge in [-0.1, -0.05) is 0 Å². The van der Waals surface area contributed by atoms with Gasteiger partial charge in [-0.25, -0.2) is 4.79 Å². The fourth-order valence-corrected chi connectivity index (χ4v) is 1.84. The molecule has 1 saturated heterocycles. The second-order valence-electron chi connectivity index (χ2n) is 5.19. The molecule has 0 aliphatic carbocycles. The molecule has 0 unspecified atom stereocenters. The van der Waals surface area contributed by atoms with Gasteiger partial charge < -0.3 is 20.1 Å². The highest BCUT2D eigenvalue weighted by molar-refractivity contribution is 5.69. The summed E-state index contributed by atoms with van der Waals surface area (Å²) in [4.78, 5) is 13.5. The van der Waals surface area contributed by atoms with E-state index in [1.807, 2.05) is 27.8 Å². The molecule has 0 aromatic rings. The van der Waals surface area contributed by atoms with Gasteiger partial charge in [0.15, 0.2) is 0 Å². The molecule has 1 aliphatic heterocycles. The van der Waals surface area contributed by atoms with Crippen LogP contribution >= 0.6 is 0 Å². The Morgan fingerprint density at radius 3 is 2.62 bits per heavy atom. The number of carbonyl (C=O) groups is 1. The molecule has 0 spiro atoms. The highest BCUT2D eigenvalue weighted by atomic mass is 16.6. The van der Waals surface area contributed by atoms with Crippen LogP contribution in [0.15, 0.2) is 0 Å². The van der Waals surface area contributed by atoms with E-state index < -0.39 is 5.60 Å². The summed E-state index contributed by atoms with van der Waals surface area (Å²) in [6.45, 7) is 6.09. The largest absolute Gasteiger partial charge is 0.444 e. The number of likely N-dealkylation sites (tertiary alicyclic amines) is 1. The van der Waals surface area contributed by atoms with Crippen LogP contribution in [0.5, 0.6) is 0 Å². The number of nitrogens with zero attached hydrogens (tertiary/aromatic N) is 1. The first-order chi connectivity index (χ1) is 7.37. The molecule has 94 valence electrons. The monoisotopic (exact) mass is 230 g/mol.